The van der Waals surface area contributed by atoms with Crippen LogP contribution in [0, 0.1) is 0 Å². The topological polar surface area (TPSA) is 70.0 Å². The summed E-state index contributed by atoms with van der Waals surface area (Å²) in [4.78, 5) is 13.9. The van der Waals surface area contributed by atoms with Gasteiger partial charge in [0, 0.05) is 12.6 Å². The molecule has 1 atom stereocenters. The molecule has 2 N–H and O–H groups in total. The Morgan fingerprint density at radius 2 is 2.00 bits per heavy atom. The van der Waals surface area contributed by atoms with E-state index in [0.29, 0.717) is 18.7 Å². The number of phenolic OH excluding ortho intramolecular Hbond substituents is 2. The summed E-state index contributed by atoms with van der Waals surface area (Å²) in [5, 5.41) is 19.2. The second-order valence-corrected chi connectivity index (χ2v) is 5.78. The Labute approximate surface area is 131 Å². The molecule has 0 fully saturated rings. The maximum atomic E-state index is 12.4. The molecule has 1 aromatic carbocycles. The number of aromatic hydroxyl groups is 2. The SMILES string of the molecule is CCCCCC(CC)OC(=O)N1CCc2cc(O)c(O)cc21. The van der Waals surface area contributed by atoms with Crippen molar-refractivity contribution < 1.29 is 19.7 Å². The number of fused-ring (bicyclic) bond motifs is 1. The Bertz CT molecular complexity index is 530. The Morgan fingerprint density at radius 3 is 2.68 bits per heavy atom. The molecule has 0 bridgehead atoms. The van der Waals surface area contributed by atoms with E-state index in [0.717, 1.165) is 37.7 Å². The van der Waals surface area contributed by atoms with Crippen LogP contribution in [0.1, 0.15) is 51.5 Å². The Kier molecular flexibility index (Phi) is 5.52. The molecule has 122 valence electrons. The number of nitrogens with zero attached hydrogens (tertiary/aromatic N) is 1. The average Bonchev–Trinajstić information content (AvgIpc) is 2.89. The largest absolute Gasteiger partial charge is 0.504 e. The summed E-state index contributed by atoms with van der Waals surface area (Å²) in [6.45, 7) is 4.68. The Hall–Kier alpha value is -1.91. The summed E-state index contributed by atoms with van der Waals surface area (Å²) >= 11 is 0. The fourth-order valence-electron chi connectivity index (χ4n) is 2.78. The quantitative estimate of drug-likeness (QED) is 0.616. The number of amides is 1. The van der Waals surface area contributed by atoms with Crippen molar-refractivity contribution in [3.63, 3.8) is 0 Å². The summed E-state index contributed by atoms with van der Waals surface area (Å²) in [5.74, 6) is -0.367. The van der Waals surface area contributed by atoms with Crippen molar-refractivity contribution in [2.45, 2.75) is 58.5 Å². The van der Waals surface area contributed by atoms with Gasteiger partial charge in [-0.3, -0.25) is 4.90 Å². The van der Waals surface area contributed by atoms with Gasteiger partial charge in [0.1, 0.15) is 6.10 Å². The van der Waals surface area contributed by atoms with Crippen molar-refractivity contribution in [2.75, 3.05) is 11.4 Å². The van der Waals surface area contributed by atoms with Gasteiger partial charge in [-0.1, -0.05) is 26.7 Å². The molecule has 0 saturated carbocycles. The summed E-state index contributed by atoms with van der Waals surface area (Å²) in [6, 6.07) is 2.94. The van der Waals surface area contributed by atoms with Gasteiger partial charge in [-0.05, 0) is 37.3 Å². The number of carbonyl (C=O) groups is 1. The number of anilines is 1. The minimum absolute atomic E-state index is 0.0613. The van der Waals surface area contributed by atoms with Crippen LogP contribution in [-0.2, 0) is 11.2 Å². The predicted octanol–water partition coefficient (Wildman–Crippen LogP) is 3.96. The summed E-state index contributed by atoms with van der Waals surface area (Å²) in [7, 11) is 0. The molecule has 1 amide bonds. The highest BCUT2D eigenvalue weighted by Crippen LogP contribution is 2.37. The molecule has 1 unspecified atom stereocenters. The highest BCUT2D eigenvalue weighted by Gasteiger charge is 2.28. The van der Waals surface area contributed by atoms with Crippen LogP contribution in [0.5, 0.6) is 11.5 Å². The van der Waals surface area contributed by atoms with Gasteiger partial charge >= 0.3 is 6.09 Å². The van der Waals surface area contributed by atoms with Gasteiger partial charge in [0.05, 0.1) is 5.69 Å². The molecule has 5 nitrogen and oxygen atoms in total. The molecule has 1 aliphatic rings. The molecule has 22 heavy (non-hydrogen) atoms. The molecule has 0 spiro atoms. The first kappa shape index (κ1) is 16.5. The zero-order valence-corrected chi connectivity index (χ0v) is 13.3. The number of rotatable bonds is 6. The second-order valence-electron chi connectivity index (χ2n) is 5.78. The number of benzene rings is 1. The first-order valence-electron chi connectivity index (χ1n) is 8.09. The van der Waals surface area contributed by atoms with E-state index in [4.69, 9.17) is 4.74 Å². The predicted molar refractivity (Wildman–Crippen MR) is 85.5 cm³/mol. The third-order valence-electron chi connectivity index (χ3n) is 4.14. The average molecular weight is 307 g/mol. The van der Waals surface area contributed by atoms with Crippen LogP contribution < -0.4 is 4.90 Å². The van der Waals surface area contributed by atoms with Gasteiger partial charge in [0.2, 0.25) is 0 Å². The molecule has 1 aromatic rings. The molecule has 2 rings (SSSR count). The smallest absolute Gasteiger partial charge is 0.414 e. The van der Waals surface area contributed by atoms with E-state index >= 15 is 0 Å². The number of hydrogen-bond donors (Lipinski definition) is 2. The van der Waals surface area contributed by atoms with Gasteiger partial charge in [-0.15, -0.1) is 0 Å². The monoisotopic (exact) mass is 307 g/mol. The van der Waals surface area contributed by atoms with E-state index < -0.39 is 0 Å². The Morgan fingerprint density at radius 1 is 1.27 bits per heavy atom. The molecule has 0 aliphatic carbocycles. The van der Waals surface area contributed by atoms with Gasteiger partial charge < -0.3 is 14.9 Å². The molecule has 1 heterocycles. The lowest BCUT2D eigenvalue weighted by molar-refractivity contribution is 0.0951. The minimum atomic E-state index is -0.368. The highest BCUT2D eigenvalue weighted by molar-refractivity contribution is 5.91. The van der Waals surface area contributed by atoms with E-state index in [1.807, 2.05) is 6.92 Å². The summed E-state index contributed by atoms with van der Waals surface area (Å²) < 4.78 is 5.60. The molecule has 1 aliphatic heterocycles. The lowest BCUT2D eigenvalue weighted by Crippen LogP contribution is -2.32. The van der Waals surface area contributed by atoms with E-state index in [1.54, 1.807) is 0 Å². The minimum Gasteiger partial charge on any atom is -0.504 e. The second kappa shape index (κ2) is 7.38. The fraction of sp³-hybridized carbons (Fsp3) is 0.588. The zero-order chi connectivity index (χ0) is 16.1. The summed E-state index contributed by atoms with van der Waals surface area (Å²) in [5.41, 5.74) is 1.48. The molecule has 5 heteroatoms. The van der Waals surface area contributed by atoms with Gasteiger partial charge in [-0.2, -0.15) is 0 Å². The van der Waals surface area contributed by atoms with E-state index in [1.165, 1.54) is 17.0 Å². The summed E-state index contributed by atoms with van der Waals surface area (Å²) in [6.07, 6.45) is 5.27. The normalized spacial score (nSPS) is 14.7. The van der Waals surface area contributed by atoms with Gasteiger partial charge in [0.15, 0.2) is 11.5 Å². The van der Waals surface area contributed by atoms with Crippen molar-refractivity contribution in [3.8, 4) is 11.5 Å². The fourth-order valence-corrected chi connectivity index (χ4v) is 2.78. The lowest BCUT2D eigenvalue weighted by atomic mass is 10.1. The maximum Gasteiger partial charge on any atom is 0.414 e. The number of ether oxygens (including phenoxy) is 1. The number of unbranched alkanes of at least 4 members (excludes halogenated alkanes) is 2. The molecule has 0 aromatic heterocycles. The third kappa shape index (κ3) is 3.64. The first-order valence-corrected chi connectivity index (χ1v) is 8.09. The molecule has 0 saturated heterocycles. The van der Waals surface area contributed by atoms with Crippen molar-refractivity contribution in [2.24, 2.45) is 0 Å². The third-order valence-corrected chi connectivity index (χ3v) is 4.14. The standard InChI is InChI=1S/C17H25NO4/c1-3-5-6-7-13(4-2)22-17(21)18-9-8-12-10-15(19)16(20)11-14(12)18/h10-11,13,19-20H,3-9H2,1-2H3. The molecular formula is C17H25NO4. The van der Waals surface area contributed by atoms with Crippen LogP contribution in [0.15, 0.2) is 12.1 Å². The number of carbonyl (C=O) groups excluding carboxylic acids is 1. The van der Waals surface area contributed by atoms with Crippen LogP contribution in [0.25, 0.3) is 0 Å². The van der Waals surface area contributed by atoms with Gasteiger partial charge in [-0.25, -0.2) is 4.79 Å². The van der Waals surface area contributed by atoms with Crippen molar-refractivity contribution in [1.82, 2.24) is 0 Å². The van der Waals surface area contributed by atoms with Crippen LogP contribution in [0.3, 0.4) is 0 Å². The molecular weight excluding hydrogens is 282 g/mol. The van der Waals surface area contributed by atoms with Gasteiger partial charge in [0.25, 0.3) is 0 Å². The van der Waals surface area contributed by atoms with Crippen molar-refractivity contribution >= 4 is 11.8 Å². The van der Waals surface area contributed by atoms with E-state index in [9.17, 15) is 15.0 Å². The number of phenols is 2. The van der Waals surface area contributed by atoms with E-state index in [-0.39, 0.29) is 23.7 Å². The first-order chi connectivity index (χ1) is 10.6. The van der Waals surface area contributed by atoms with Crippen LogP contribution in [-0.4, -0.2) is 29.0 Å². The Balaban J connectivity index is 2.01. The van der Waals surface area contributed by atoms with Crippen LogP contribution >= 0.6 is 0 Å². The van der Waals surface area contributed by atoms with Crippen LogP contribution in [0.2, 0.25) is 0 Å². The molecule has 0 radical (unpaired) electrons. The van der Waals surface area contributed by atoms with E-state index in [2.05, 4.69) is 6.92 Å². The van der Waals surface area contributed by atoms with Crippen molar-refractivity contribution in [3.05, 3.63) is 17.7 Å². The zero-order valence-electron chi connectivity index (χ0n) is 13.3. The van der Waals surface area contributed by atoms with Crippen LogP contribution in [0.4, 0.5) is 10.5 Å². The lowest BCUT2D eigenvalue weighted by Gasteiger charge is -2.22. The maximum absolute atomic E-state index is 12.4. The number of hydrogen-bond acceptors (Lipinski definition) is 4. The van der Waals surface area contributed by atoms with Crippen molar-refractivity contribution in [1.29, 1.82) is 0 Å². The highest BCUT2D eigenvalue weighted by atomic mass is 16.6.